The van der Waals surface area contributed by atoms with Crippen LogP contribution in [0.4, 0.5) is 0 Å². The maximum atomic E-state index is 10.4. The van der Waals surface area contributed by atoms with Gasteiger partial charge in [-0.25, -0.2) is 0 Å². The fourth-order valence-corrected chi connectivity index (χ4v) is 0.922. The van der Waals surface area contributed by atoms with Gasteiger partial charge in [0.1, 0.15) is 5.36 Å². The number of hydrogen-bond donors (Lipinski definition) is 2. The molecule has 0 amide bonds. The summed E-state index contributed by atoms with van der Waals surface area (Å²) in [4.78, 5) is -1.87. The first kappa shape index (κ1) is 18.0. The van der Waals surface area contributed by atoms with Crippen LogP contribution in [-0.2, 0) is 0 Å². The summed E-state index contributed by atoms with van der Waals surface area (Å²) < 4.78 is 0. The molecule has 0 bridgehead atoms. The Hall–Kier alpha value is -0.380. The number of nitrogens with zero attached hydrogens (tertiary/aromatic N) is 2. The van der Waals surface area contributed by atoms with Gasteiger partial charge in [-0.1, -0.05) is 0 Å². The van der Waals surface area contributed by atoms with Crippen LogP contribution in [-0.4, -0.2) is 0 Å². The van der Waals surface area contributed by atoms with E-state index in [9.17, 15) is 20.8 Å². The summed E-state index contributed by atoms with van der Waals surface area (Å²) in [5.74, 6) is 0. The van der Waals surface area contributed by atoms with Gasteiger partial charge in [0.15, 0.2) is 0 Å². The average molecular weight is 242 g/mol. The first-order valence-electron chi connectivity index (χ1n) is 3.34. The van der Waals surface area contributed by atoms with Crippen molar-refractivity contribution in [3.8, 4) is 0 Å². The van der Waals surface area contributed by atoms with Crippen LogP contribution < -0.4 is 90.3 Å². The van der Waals surface area contributed by atoms with E-state index in [-0.39, 0.29) is 59.1 Å². The van der Waals surface area contributed by atoms with E-state index in [4.69, 9.17) is 10.8 Å². The van der Waals surface area contributed by atoms with Crippen molar-refractivity contribution >= 4 is 0 Å². The quantitative estimate of drug-likeness (QED) is 0.343. The van der Waals surface area contributed by atoms with Crippen LogP contribution in [0.25, 0.3) is 0 Å². The van der Waals surface area contributed by atoms with Crippen LogP contribution >= 0.6 is 0 Å². The molecule has 0 aromatic heterocycles. The molecule has 0 heterocycles. The van der Waals surface area contributed by atoms with Gasteiger partial charge < -0.3 is 20.8 Å². The zero-order chi connectivity index (χ0) is 10.9. The van der Waals surface area contributed by atoms with Crippen LogP contribution in [0, 0.1) is 31.6 Å². The van der Waals surface area contributed by atoms with Gasteiger partial charge in [0.05, 0.1) is 0 Å². The summed E-state index contributed by atoms with van der Waals surface area (Å²) in [6.07, 6.45) is 0. The van der Waals surface area contributed by atoms with Crippen LogP contribution in [0.5, 0.6) is 0 Å². The van der Waals surface area contributed by atoms with Crippen molar-refractivity contribution in [2.24, 2.45) is 0 Å². The molecule has 1 aromatic rings. The molecule has 16 heavy (non-hydrogen) atoms. The maximum Gasteiger partial charge on any atom is 1.00 e. The van der Waals surface area contributed by atoms with E-state index in [0.717, 1.165) is 12.1 Å². The summed E-state index contributed by atoms with van der Waals surface area (Å²) in [5, 5.41) is 52.7. The predicted octanol–water partition coefficient (Wildman–Crippen LogP) is -8.94. The van der Waals surface area contributed by atoms with Crippen molar-refractivity contribution in [2.75, 3.05) is 0 Å². The molecule has 0 unspecified atom stereocenters. The number of benzene rings is 1. The number of nitrogens with one attached hydrogen (secondary N) is 2. The Labute approximate surface area is 133 Å². The second kappa shape index (κ2) is 7.05. The van der Waals surface area contributed by atoms with E-state index >= 15 is 0 Å². The summed E-state index contributed by atoms with van der Waals surface area (Å²) in [6, 6.07) is 1.83. The van der Waals surface area contributed by atoms with Crippen molar-refractivity contribution in [1.29, 1.82) is 10.8 Å². The molecule has 0 atom stereocenters. The zero-order valence-corrected chi connectivity index (χ0v) is 12.7. The van der Waals surface area contributed by atoms with Crippen molar-refractivity contribution in [2.45, 2.75) is 0 Å². The van der Waals surface area contributed by atoms with Crippen molar-refractivity contribution in [1.82, 2.24) is 9.80 Å². The third-order valence-electron chi connectivity index (χ3n) is 1.54. The Morgan fingerprint density at radius 2 is 1.38 bits per heavy atom. The van der Waals surface area contributed by atoms with Gasteiger partial charge in [-0.15, -0.1) is 0 Å². The fraction of sp³-hybridized carbons (Fsp3) is 0. The largest absolute Gasteiger partial charge is 1.00 e. The topological polar surface area (TPSA) is 146 Å². The van der Waals surface area contributed by atoms with Gasteiger partial charge in [-0.2, -0.15) is 9.80 Å². The smallest absolute Gasteiger partial charge is 0.612 e. The summed E-state index contributed by atoms with van der Waals surface area (Å²) in [6.45, 7) is 0. The third kappa shape index (κ3) is 3.58. The number of hydrogen-bond acceptors (Lipinski definition) is 6. The van der Waals surface area contributed by atoms with E-state index in [1.807, 2.05) is 0 Å². The van der Waals surface area contributed by atoms with Crippen LogP contribution in [0.15, 0.2) is 12.1 Å². The molecule has 0 aliphatic heterocycles. The van der Waals surface area contributed by atoms with Gasteiger partial charge >= 0.3 is 59.1 Å². The molecule has 74 valence electrons. The molecule has 2 N–H and O–H groups in total. The van der Waals surface area contributed by atoms with E-state index < -0.39 is 31.2 Å². The normalized spacial score (nSPS) is 8.50. The minimum Gasteiger partial charge on any atom is -0.612 e. The van der Waals surface area contributed by atoms with Gasteiger partial charge in [0, 0.05) is 6.07 Å². The van der Waals surface area contributed by atoms with E-state index in [1.165, 1.54) is 0 Å². The SMILES string of the molecule is N=c1ccc(=[N+]([O-])[O-])c(=N)c1=[N+]([O-])[O-].[Na+].[Na+]. The molecule has 8 nitrogen and oxygen atoms in total. The van der Waals surface area contributed by atoms with E-state index in [0.29, 0.717) is 0 Å². The third-order valence-corrected chi connectivity index (χ3v) is 1.54. The minimum absolute atomic E-state index is 0. The molecule has 0 saturated carbocycles. The molecular formula is C6H4N4Na2O4. The second-order valence-electron chi connectivity index (χ2n) is 2.37. The van der Waals surface area contributed by atoms with Crippen molar-refractivity contribution in [3.05, 3.63) is 54.4 Å². The fourth-order valence-electron chi connectivity index (χ4n) is 0.922. The van der Waals surface area contributed by atoms with Gasteiger partial charge in [-0.3, -0.25) is 10.8 Å². The van der Waals surface area contributed by atoms with Gasteiger partial charge in [0.25, 0.3) is 10.7 Å². The summed E-state index contributed by atoms with van der Waals surface area (Å²) in [5.41, 5.74) is 0. The Balaban J connectivity index is 0. The monoisotopic (exact) mass is 242 g/mol. The maximum absolute atomic E-state index is 10.4. The van der Waals surface area contributed by atoms with E-state index in [2.05, 4.69) is 0 Å². The van der Waals surface area contributed by atoms with Crippen LogP contribution in [0.2, 0.25) is 0 Å². The summed E-state index contributed by atoms with van der Waals surface area (Å²) >= 11 is 0. The molecule has 1 rings (SSSR count). The molecule has 0 aliphatic rings. The molecular weight excluding hydrogens is 238 g/mol. The molecule has 1 aromatic carbocycles. The predicted molar refractivity (Wildman–Crippen MR) is 44.5 cm³/mol. The molecule has 0 aliphatic carbocycles. The Morgan fingerprint density at radius 1 is 0.875 bits per heavy atom. The Bertz CT molecular complexity index is 582. The Kier molecular flexibility index (Phi) is 7.93. The van der Waals surface area contributed by atoms with E-state index in [1.54, 1.807) is 0 Å². The molecule has 0 radical (unpaired) electrons. The Morgan fingerprint density at radius 3 is 1.75 bits per heavy atom. The molecule has 0 saturated heterocycles. The van der Waals surface area contributed by atoms with Gasteiger partial charge in [0.2, 0.25) is 5.36 Å². The average Bonchev–Trinajstić information content (AvgIpc) is 2.02. The second-order valence-corrected chi connectivity index (χ2v) is 2.37. The van der Waals surface area contributed by atoms with Gasteiger partial charge in [-0.05, 0) is 6.07 Å². The standard InChI is InChI=1S/C6H4N4O4.2Na/c7-3-1-2-4(9(11)12)5(8)6(3)10(13)14;;/h1-2,7-8H;;/q-2;2*+1. The zero-order valence-electron chi connectivity index (χ0n) is 8.68. The van der Waals surface area contributed by atoms with Crippen LogP contribution in [0.1, 0.15) is 0 Å². The minimum atomic E-state index is -0.975. The van der Waals surface area contributed by atoms with Crippen molar-refractivity contribution in [3.63, 3.8) is 0 Å². The van der Waals surface area contributed by atoms with Crippen LogP contribution in [0.3, 0.4) is 0 Å². The molecule has 0 fully saturated rings. The molecule has 10 heteroatoms. The van der Waals surface area contributed by atoms with Crippen molar-refractivity contribution < 1.29 is 59.1 Å². The number of rotatable bonds is 0. The first-order valence-corrected chi connectivity index (χ1v) is 3.34. The molecule has 0 spiro atoms. The summed E-state index contributed by atoms with van der Waals surface area (Å²) in [7, 11) is 0. The first-order chi connectivity index (χ1) is 6.45.